The molecule has 152 valence electrons. The molecule has 8 nitrogen and oxygen atoms in total. The Morgan fingerprint density at radius 3 is 2.70 bits per heavy atom. The Bertz CT molecular complexity index is 707. The van der Waals surface area contributed by atoms with Gasteiger partial charge >= 0.3 is 0 Å². The van der Waals surface area contributed by atoms with E-state index in [1.54, 1.807) is 18.1 Å². The molecule has 9 heteroatoms. The molecule has 0 aliphatic rings. The van der Waals surface area contributed by atoms with Gasteiger partial charge in [-0.05, 0) is 32.4 Å². The molecule has 1 atom stereocenters. The predicted molar refractivity (Wildman–Crippen MR) is 108 cm³/mol. The third-order valence-corrected chi connectivity index (χ3v) is 4.85. The lowest BCUT2D eigenvalue weighted by atomic mass is 10.2. The first-order chi connectivity index (χ1) is 12.7. The summed E-state index contributed by atoms with van der Waals surface area (Å²) < 4.78 is 22.5. The molecular formula is C18H31N5O3S. The lowest BCUT2D eigenvalue weighted by Gasteiger charge is -2.19. The monoisotopic (exact) mass is 397 g/mol. The molecule has 0 radical (unpaired) electrons. The van der Waals surface area contributed by atoms with Gasteiger partial charge < -0.3 is 15.5 Å². The Kier molecular flexibility index (Phi) is 9.77. The van der Waals surface area contributed by atoms with Crippen molar-refractivity contribution in [2.45, 2.75) is 32.7 Å². The standard InChI is InChI=1S/C18H31N5O3S/c1-5-19-18(22-15(2)10-13-27(4,25)26)21-14-17(24)23(3)12-9-16-8-6-7-11-20-16/h6-8,11,15H,5,9-10,12-14H2,1-4H3,(H2,19,21,22). The minimum atomic E-state index is -3.00. The summed E-state index contributed by atoms with van der Waals surface area (Å²) in [5, 5.41) is 6.21. The number of nitrogens with one attached hydrogen (secondary N) is 2. The summed E-state index contributed by atoms with van der Waals surface area (Å²) in [6, 6.07) is 5.64. The molecule has 0 aromatic carbocycles. The van der Waals surface area contributed by atoms with E-state index in [9.17, 15) is 13.2 Å². The molecule has 1 unspecified atom stereocenters. The second-order valence-corrected chi connectivity index (χ2v) is 8.81. The van der Waals surface area contributed by atoms with Gasteiger partial charge in [-0.25, -0.2) is 13.4 Å². The Hall–Kier alpha value is -2.16. The van der Waals surface area contributed by atoms with Crippen molar-refractivity contribution in [1.29, 1.82) is 0 Å². The number of guanidine groups is 1. The number of hydrogen-bond acceptors (Lipinski definition) is 5. The molecule has 1 amide bonds. The second-order valence-electron chi connectivity index (χ2n) is 6.55. The van der Waals surface area contributed by atoms with Gasteiger partial charge in [0.2, 0.25) is 5.91 Å². The molecule has 1 rings (SSSR count). The van der Waals surface area contributed by atoms with Gasteiger partial charge in [-0.1, -0.05) is 6.07 Å². The summed E-state index contributed by atoms with van der Waals surface area (Å²) >= 11 is 0. The molecule has 0 aliphatic carbocycles. The topological polar surface area (TPSA) is 104 Å². The van der Waals surface area contributed by atoms with Gasteiger partial charge in [0.25, 0.3) is 0 Å². The summed E-state index contributed by atoms with van der Waals surface area (Å²) in [7, 11) is -1.25. The van der Waals surface area contributed by atoms with Crippen molar-refractivity contribution >= 4 is 21.7 Å². The van der Waals surface area contributed by atoms with Crippen LogP contribution in [0, 0.1) is 0 Å². The maximum Gasteiger partial charge on any atom is 0.244 e. The van der Waals surface area contributed by atoms with Crippen molar-refractivity contribution < 1.29 is 13.2 Å². The lowest BCUT2D eigenvalue weighted by Crippen LogP contribution is -2.43. The molecular weight excluding hydrogens is 366 g/mol. The quantitative estimate of drug-likeness (QED) is 0.439. The van der Waals surface area contributed by atoms with Crippen molar-refractivity contribution in [3.63, 3.8) is 0 Å². The van der Waals surface area contributed by atoms with Crippen molar-refractivity contribution in [3.8, 4) is 0 Å². The van der Waals surface area contributed by atoms with Crippen LogP contribution >= 0.6 is 0 Å². The molecule has 0 saturated carbocycles. The van der Waals surface area contributed by atoms with Crippen molar-refractivity contribution in [2.75, 3.05) is 38.7 Å². The zero-order valence-electron chi connectivity index (χ0n) is 16.6. The number of carbonyl (C=O) groups is 1. The van der Waals surface area contributed by atoms with E-state index in [2.05, 4.69) is 20.6 Å². The van der Waals surface area contributed by atoms with Gasteiger partial charge in [-0.2, -0.15) is 0 Å². The lowest BCUT2D eigenvalue weighted by molar-refractivity contribution is -0.128. The first kappa shape index (κ1) is 22.9. The molecule has 0 spiro atoms. The van der Waals surface area contributed by atoms with Crippen LogP contribution in [-0.4, -0.2) is 74.9 Å². The number of hydrogen-bond donors (Lipinski definition) is 2. The van der Waals surface area contributed by atoms with Crippen LogP contribution in [0.25, 0.3) is 0 Å². The Balaban J connectivity index is 2.50. The zero-order valence-corrected chi connectivity index (χ0v) is 17.4. The highest BCUT2D eigenvalue weighted by Gasteiger charge is 2.12. The van der Waals surface area contributed by atoms with E-state index in [1.165, 1.54) is 6.26 Å². The Labute approximate surface area is 162 Å². The molecule has 27 heavy (non-hydrogen) atoms. The minimum absolute atomic E-state index is 0.0207. The highest BCUT2D eigenvalue weighted by Crippen LogP contribution is 1.98. The fourth-order valence-electron chi connectivity index (χ4n) is 2.24. The van der Waals surface area contributed by atoms with Gasteiger partial charge in [0.1, 0.15) is 16.4 Å². The van der Waals surface area contributed by atoms with Crippen molar-refractivity contribution in [2.24, 2.45) is 4.99 Å². The number of aromatic nitrogens is 1. The molecule has 0 bridgehead atoms. The van der Waals surface area contributed by atoms with Crippen LogP contribution in [0.15, 0.2) is 29.4 Å². The van der Waals surface area contributed by atoms with E-state index in [0.717, 1.165) is 5.69 Å². The summed E-state index contributed by atoms with van der Waals surface area (Å²) in [6.45, 7) is 5.05. The van der Waals surface area contributed by atoms with Gasteiger partial charge in [-0.15, -0.1) is 0 Å². The first-order valence-electron chi connectivity index (χ1n) is 9.07. The minimum Gasteiger partial charge on any atom is -0.357 e. The number of nitrogens with zero attached hydrogens (tertiary/aromatic N) is 3. The van der Waals surface area contributed by atoms with Crippen LogP contribution in [0.1, 0.15) is 26.0 Å². The van der Waals surface area contributed by atoms with E-state index in [-0.39, 0.29) is 24.2 Å². The fourth-order valence-corrected chi connectivity index (χ4v) is 3.02. The molecule has 2 N–H and O–H groups in total. The van der Waals surface area contributed by atoms with E-state index in [4.69, 9.17) is 0 Å². The first-order valence-corrected chi connectivity index (χ1v) is 11.1. The number of pyridine rings is 1. The van der Waals surface area contributed by atoms with Gasteiger partial charge in [-0.3, -0.25) is 9.78 Å². The molecule has 1 aromatic heterocycles. The van der Waals surface area contributed by atoms with E-state index >= 15 is 0 Å². The maximum absolute atomic E-state index is 12.3. The van der Waals surface area contributed by atoms with Crippen LogP contribution in [0.4, 0.5) is 0 Å². The molecule has 1 heterocycles. The smallest absolute Gasteiger partial charge is 0.244 e. The predicted octanol–water partition coefficient (Wildman–Crippen LogP) is 0.461. The zero-order chi connectivity index (χ0) is 20.3. The third-order valence-electron chi connectivity index (χ3n) is 3.88. The summed E-state index contributed by atoms with van der Waals surface area (Å²) in [5.74, 6) is 0.521. The third kappa shape index (κ3) is 10.5. The average Bonchev–Trinajstić information content (AvgIpc) is 2.62. The van der Waals surface area contributed by atoms with E-state index in [0.29, 0.717) is 31.9 Å². The SMILES string of the molecule is CCNC(=NCC(=O)N(C)CCc1ccccn1)NC(C)CCS(C)(=O)=O. The van der Waals surface area contributed by atoms with Crippen LogP contribution in [0.3, 0.4) is 0 Å². The summed E-state index contributed by atoms with van der Waals surface area (Å²) in [4.78, 5) is 22.5. The highest BCUT2D eigenvalue weighted by molar-refractivity contribution is 7.90. The Morgan fingerprint density at radius 2 is 2.11 bits per heavy atom. The number of aliphatic imine (C=N–C) groups is 1. The van der Waals surface area contributed by atoms with Gasteiger partial charge in [0.15, 0.2) is 5.96 Å². The summed E-state index contributed by atoms with van der Waals surface area (Å²) in [6.07, 6.45) is 4.12. The maximum atomic E-state index is 12.3. The molecule has 0 aliphatic heterocycles. The molecule has 0 saturated heterocycles. The number of carbonyl (C=O) groups excluding carboxylic acids is 1. The highest BCUT2D eigenvalue weighted by atomic mass is 32.2. The number of sulfone groups is 1. The number of likely N-dealkylation sites (N-methyl/N-ethyl adjacent to an activating group) is 1. The second kappa shape index (κ2) is 11.5. The van der Waals surface area contributed by atoms with Crippen LogP contribution in [0.5, 0.6) is 0 Å². The molecule has 0 fully saturated rings. The van der Waals surface area contributed by atoms with E-state index in [1.807, 2.05) is 32.0 Å². The van der Waals surface area contributed by atoms with Gasteiger partial charge in [0.05, 0.1) is 5.75 Å². The largest absolute Gasteiger partial charge is 0.357 e. The van der Waals surface area contributed by atoms with Crippen molar-refractivity contribution in [1.82, 2.24) is 20.5 Å². The number of amides is 1. The Morgan fingerprint density at radius 1 is 1.37 bits per heavy atom. The average molecular weight is 398 g/mol. The van der Waals surface area contributed by atoms with Crippen LogP contribution < -0.4 is 10.6 Å². The van der Waals surface area contributed by atoms with Crippen LogP contribution in [-0.2, 0) is 21.1 Å². The van der Waals surface area contributed by atoms with E-state index < -0.39 is 9.84 Å². The molecule has 1 aromatic rings. The van der Waals surface area contributed by atoms with Crippen LogP contribution in [0.2, 0.25) is 0 Å². The normalized spacial score (nSPS) is 13.1. The fraction of sp³-hybridized carbons (Fsp3) is 0.611. The van der Waals surface area contributed by atoms with Gasteiger partial charge in [0, 0.05) is 50.7 Å². The summed E-state index contributed by atoms with van der Waals surface area (Å²) in [5.41, 5.74) is 0.940. The number of rotatable bonds is 10. The van der Waals surface area contributed by atoms with Crippen molar-refractivity contribution in [3.05, 3.63) is 30.1 Å².